The fourth-order valence-corrected chi connectivity index (χ4v) is 1.59. The summed E-state index contributed by atoms with van der Waals surface area (Å²) in [5.41, 5.74) is 0.858. The number of halogens is 1. The number of hydrogen-bond donors (Lipinski definition) is 1. The van der Waals surface area contributed by atoms with Gasteiger partial charge < -0.3 is 14.8 Å². The van der Waals surface area contributed by atoms with Crippen molar-refractivity contribution in [2.75, 3.05) is 33.9 Å². The maximum absolute atomic E-state index is 13.1. The van der Waals surface area contributed by atoms with E-state index in [1.54, 1.807) is 13.2 Å². The SMILES string of the molecule is CNCC(OCCCOC)c1cccc(F)c1. The van der Waals surface area contributed by atoms with E-state index in [0.29, 0.717) is 19.8 Å². The molecule has 0 bridgehead atoms. The molecule has 0 amide bonds. The molecule has 0 saturated carbocycles. The second kappa shape index (κ2) is 8.17. The van der Waals surface area contributed by atoms with Crippen LogP contribution in [0.2, 0.25) is 0 Å². The topological polar surface area (TPSA) is 30.5 Å². The first-order chi connectivity index (χ1) is 8.27. The molecule has 0 aromatic heterocycles. The summed E-state index contributed by atoms with van der Waals surface area (Å²) in [5, 5.41) is 3.05. The molecule has 4 heteroatoms. The lowest BCUT2D eigenvalue weighted by Gasteiger charge is -2.18. The van der Waals surface area contributed by atoms with Crippen molar-refractivity contribution >= 4 is 0 Å². The Labute approximate surface area is 102 Å². The van der Waals surface area contributed by atoms with Crippen molar-refractivity contribution in [2.24, 2.45) is 0 Å². The summed E-state index contributed by atoms with van der Waals surface area (Å²) < 4.78 is 23.8. The van der Waals surface area contributed by atoms with E-state index in [0.717, 1.165) is 12.0 Å². The fourth-order valence-electron chi connectivity index (χ4n) is 1.59. The lowest BCUT2D eigenvalue weighted by atomic mass is 10.1. The van der Waals surface area contributed by atoms with Gasteiger partial charge in [0, 0.05) is 26.9 Å². The lowest BCUT2D eigenvalue weighted by molar-refractivity contribution is 0.0397. The maximum Gasteiger partial charge on any atom is 0.123 e. The Hall–Kier alpha value is -0.970. The van der Waals surface area contributed by atoms with Crippen LogP contribution in [0.5, 0.6) is 0 Å². The van der Waals surface area contributed by atoms with Crippen LogP contribution in [0.1, 0.15) is 18.1 Å². The number of hydrogen-bond acceptors (Lipinski definition) is 3. The molecule has 0 heterocycles. The van der Waals surface area contributed by atoms with Crippen LogP contribution in [-0.4, -0.2) is 33.9 Å². The van der Waals surface area contributed by atoms with E-state index in [4.69, 9.17) is 9.47 Å². The molecule has 0 radical (unpaired) electrons. The minimum absolute atomic E-state index is 0.118. The van der Waals surface area contributed by atoms with Crippen LogP contribution in [-0.2, 0) is 9.47 Å². The molecule has 0 aliphatic heterocycles. The van der Waals surface area contributed by atoms with Crippen LogP contribution in [0.3, 0.4) is 0 Å². The highest BCUT2D eigenvalue weighted by Gasteiger charge is 2.11. The van der Waals surface area contributed by atoms with Gasteiger partial charge in [0.2, 0.25) is 0 Å². The molecule has 0 fully saturated rings. The average molecular weight is 241 g/mol. The van der Waals surface area contributed by atoms with Gasteiger partial charge in [-0.15, -0.1) is 0 Å². The van der Waals surface area contributed by atoms with Crippen LogP contribution < -0.4 is 5.32 Å². The maximum atomic E-state index is 13.1. The number of methoxy groups -OCH3 is 1. The molecule has 96 valence electrons. The third-order valence-electron chi connectivity index (χ3n) is 2.42. The summed E-state index contributed by atoms with van der Waals surface area (Å²) in [7, 11) is 3.52. The highest BCUT2D eigenvalue weighted by Crippen LogP contribution is 2.17. The number of nitrogens with one attached hydrogen (secondary N) is 1. The monoisotopic (exact) mass is 241 g/mol. The van der Waals surface area contributed by atoms with Gasteiger partial charge in [0.05, 0.1) is 6.10 Å². The Bertz CT molecular complexity index is 320. The summed E-state index contributed by atoms with van der Waals surface area (Å²) in [6.45, 7) is 1.95. The molecule has 1 aromatic carbocycles. The number of benzene rings is 1. The quantitative estimate of drug-likeness (QED) is 0.707. The van der Waals surface area contributed by atoms with Gasteiger partial charge in [-0.25, -0.2) is 4.39 Å². The highest BCUT2D eigenvalue weighted by molar-refractivity contribution is 5.19. The van der Waals surface area contributed by atoms with Crippen LogP contribution in [0, 0.1) is 5.82 Å². The van der Waals surface area contributed by atoms with E-state index in [1.807, 2.05) is 13.1 Å². The molecule has 17 heavy (non-hydrogen) atoms. The first kappa shape index (κ1) is 14.1. The molecule has 1 N–H and O–H groups in total. The van der Waals surface area contributed by atoms with Crippen LogP contribution in [0.4, 0.5) is 4.39 Å². The number of ether oxygens (including phenoxy) is 2. The normalized spacial score (nSPS) is 12.6. The van der Waals surface area contributed by atoms with Gasteiger partial charge in [-0.05, 0) is 31.2 Å². The molecule has 1 unspecified atom stereocenters. The molecule has 0 aliphatic rings. The second-order valence-electron chi connectivity index (χ2n) is 3.82. The standard InChI is InChI=1S/C13H20FNO2/c1-15-10-13(17-8-4-7-16-2)11-5-3-6-12(14)9-11/h3,5-6,9,13,15H,4,7-8,10H2,1-2H3. The fraction of sp³-hybridized carbons (Fsp3) is 0.538. The Kier molecular flexibility index (Phi) is 6.77. The van der Waals surface area contributed by atoms with Gasteiger partial charge in [-0.3, -0.25) is 0 Å². The molecule has 0 spiro atoms. The predicted octanol–water partition coefficient (Wildman–Crippen LogP) is 2.14. The molecular formula is C13H20FNO2. The highest BCUT2D eigenvalue weighted by atomic mass is 19.1. The summed E-state index contributed by atoms with van der Waals surface area (Å²) in [6.07, 6.45) is 0.721. The van der Waals surface area contributed by atoms with E-state index in [1.165, 1.54) is 12.1 Å². The molecule has 1 rings (SSSR count). The molecular weight excluding hydrogens is 221 g/mol. The van der Waals surface area contributed by atoms with E-state index in [-0.39, 0.29) is 11.9 Å². The Morgan fingerprint density at radius 3 is 2.82 bits per heavy atom. The molecule has 3 nitrogen and oxygen atoms in total. The van der Waals surface area contributed by atoms with Crippen molar-refractivity contribution in [3.05, 3.63) is 35.6 Å². The first-order valence-corrected chi connectivity index (χ1v) is 5.78. The van der Waals surface area contributed by atoms with Crippen molar-refractivity contribution in [3.8, 4) is 0 Å². The summed E-state index contributed by atoms with van der Waals surface area (Å²) in [4.78, 5) is 0. The van der Waals surface area contributed by atoms with Gasteiger partial charge in [-0.2, -0.15) is 0 Å². The van der Waals surface area contributed by atoms with E-state index >= 15 is 0 Å². The molecule has 1 aromatic rings. The van der Waals surface area contributed by atoms with E-state index in [9.17, 15) is 4.39 Å². The zero-order valence-corrected chi connectivity index (χ0v) is 10.4. The Balaban J connectivity index is 2.52. The van der Waals surface area contributed by atoms with Crippen molar-refractivity contribution in [1.82, 2.24) is 5.32 Å². The molecule has 0 aliphatic carbocycles. The lowest BCUT2D eigenvalue weighted by Crippen LogP contribution is -2.20. The van der Waals surface area contributed by atoms with Crippen LogP contribution >= 0.6 is 0 Å². The Morgan fingerprint density at radius 1 is 1.35 bits per heavy atom. The van der Waals surface area contributed by atoms with Crippen molar-refractivity contribution in [1.29, 1.82) is 0 Å². The van der Waals surface area contributed by atoms with Gasteiger partial charge in [0.15, 0.2) is 0 Å². The van der Waals surface area contributed by atoms with E-state index < -0.39 is 0 Å². The van der Waals surface area contributed by atoms with E-state index in [2.05, 4.69) is 5.32 Å². The number of likely N-dealkylation sites (N-methyl/N-ethyl adjacent to an activating group) is 1. The first-order valence-electron chi connectivity index (χ1n) is 5.78. The average Bonchev–Trinajstić information content (AvgIpc) is 2.33. The molecule has 0 saturated heterocycles. The minimum atomic E-state index is -0.232. The summed E-state index contributed by atoms with van der Waals surface area (Å²) >= 11 is 0. The van der Waals surface area contributed by atoms with Crippen molar-refractivity contribution in [2.45, 2.75) is 12.5 Å². The largest absolute Gasteiger partial charge is 0.385 e. The second-order valence-corrected chi connectivity index (χ2v) is 3.82. The number of rotatable bonds is 8. The smallest absolute Gasteiger partial charge is 0.123 e. The minimum Gasteiger partial charge on any atom is -0.385 e. The van der Waals surface area contributed by atoms with Gasteiger partial charge in [0.1, 0.15) is 5.82 Å². The van der Waals surface area contributed by atoms with Crippen molar-refractivity contribution < 1.29 is 13.9 Å². The van der Waals surface area contributed by atoms with Gasteiger partial charge in [-0.1, -0.05) is 12.1 Å². The van der Waals surface area contributed by atoms with Crippen LogP contribution in [0.15, 0.2) is 24.3 Å². The van der Waals surface area contributed by atoms with Crippen LogP contribution in [0.25, 0.3) is 0 Å². The third kappa shape index (κ3) is 5.26. The van der Waals surface area contributed by atoms with Crippen molar-refractivity contribution in [3.63, 3.8) is 0 Å². The van der Waals surface area contributed by atoms with Gasteiger partial charge in [0.25, 0.3) is 0 Å². The predicted molar refractivity (Wildman–Crippen MR) is 65.5 cm³/mol. The Morgan fingerprint density at radius 2 is 2.18 bits per heavy atom. The zero-order valence-electron chi connectivity index (χ0n) is 10.4. The summed E-state index contributed by atoms with van der Waals surface area (Å²) in [5.74, 6) is -0.232. The molecule has 1 atom stereocenters. The zero-order chi connectivity index (χ0) is 12.5. The van der Waals surface area contributed by atoms with Gasteiger partial charge >= 0.3 is 0 Å². The third-order valence-corrected chi connectivity index (χ3v) is 2.42. The summed E-state index contributed by atoms with van der Waals surface area (Å²) in [6, 6.07) is 6.52.